The highest BCUT2D eigenvalue weighted by Gasteiger charge is 2.21. The van der Waals surface area contributed by atoms with E-state index in [2.05, 4.69) is 0 Å². The van der Waals surface area contributed by atoms with Crippen molar-refractivity contribution in [1.82, 2.24) is 4.90 Å². The van der Waals surface area contributed by atoms with Crippen LogP contribution in [0.4, 0.5) is 0 Å². The summed E-state index contributed by atoms with van der Waals surface area (Å²) in [5.41, 5.74) is 0.725. The second kappa shape index (κ2) is 3.76. The van der Waals surface area contributed by atoms with E-state index in [-0.39, 0.29) is 11.7 Å². The number of likely N-dealkylation sites (tertiary alicyclic amines) is 1. The van der Waals surface area contributed by atoms with Crippen LogP contribution in [0.1, 0.15) is 29.0 Å². The van der Waals surface area contributed by atoms with Gasteiger partial charge in [0.2, 0.25) is 11.7 Å². The maximum Gasteiger partial charge on any atom is 0.371 e. The summed E-state index contributed by atoms with van der Waals surface area (Å²) in [6.07, 6.45) is 2.85. The zero-order valence-electron chi connectivity index (χ0n) is 8.10. The Morgan fingerprint density at radius 3 is 2.93 bits per heavy atom. The van der Waals surface area contributed by atoms with E-state index in [4.69, 9.17) is 9.52 Å². The number of aromatic carboxylic acids is 1. The number of nitrogens with zero attached hydrogens (tertiary/aromatic N) is 1. The Morgan fingerprint density at radius 2 is 2.40 bits per heavy atom. The van der Waals surface area contributed by atoms with Crippen molar-refractivity contribution in [3.8, 4) is 0 Å². The second-order valence-electron chi connectivity index (χ2n) is 3.54. The van der Waals surface area contributed by atoms with E-state index in [0.29, 0.717) is 13.0 Å². The van der Waals surface area contributed by atoms with Crippen molar-refractivity contribution in [1.29, 1.82) is 0 Å². The van der Waals surface area contributed by atoms with Crippen LogP contribution in [0.3, 0.4) is 0 Å². The lowest BCUT2D eigenvalue weighted by Crippen LogP contribution is -2.23. The van der Waals surface area contributed by atoms with Gasteiger partial charge in [-0.05, 0) is 12.5 Å². The van der Waals surface area contributed by atoms with Gasteiger partial charge in [-0.25, -0.2) is 4.79 Å². The molecule has 0 saturated carbocycles. The van der Waals surface area contributed by atoms with Crippen molar-refractivity contribution in [2.45, 2.75) is 19.4 Å². The van der Waals surface area contributed by atoms with Gasteiger partial charge < -0.3 is 14.4 Å². The predicted molar refractivity (Wildman–Crippen MR) is 50.3 cm³/mol. The second-order valence-corrected chi connectivity index (χ2v) is 3.54. The van der Waals surface area contributed by atoms with Crippen LogP contribution < -0.4 is 0 Å². The van der Waals surface area contributed by atoms with E-state index in [9.17, 15) is 9.59 Å². The van der Waals surface area contributed by atoms with Crippen LogP contribution >= 0.6 is 0 Å². The largest absolute Gasteiger partial charge is 0.475 e. The van der Waals surface area contributed by atoms with Gasteiger partial charge in [-0.2, -0.15) is 0 Å². The van der Waals surface area contributed by atoms with Crippen LogP contribution in [0.2, 0.25) is 0 Å². The number of hydrogen-bond donors (Lipinski definition) is 1. The molecule has 1 fully saturated rings. The highest BCUT2D eigenvalue weighted by atomic mass is 16.4. The van der Waals surface area contributed by atoms with Crippen molar-refractivity contribution in [3.05, 3.63) is 23.7 Å². The maximum absolute atomic E-state index is 11.3. The lowest BCUT2D eigenvalue weighted by atomic mass is 10.3. The first-order valence-corrected chi connectivity index (χ1v) is 4.75. The number of hydrogen-bond acceptors (Lipinski definition) is 3. The quantitative estimate of drug-likeness (QED) is 0.809. The molecule has 80 valence electrons. The summed E-state index contributed by atoms with van der Waals surface area (Å²) < 4.78 is 4.83. The van der Waals surface area contributed by atoms with E-state index >= 15 is 0 Å². The van der Waals surface area contributed by atoms with Gasteiger partial charge in [0.05, 0.1) is 6.26 Å². The molecule has 2 rings (SSSR count). The third kappa shape index (κ3) is 2.01. The molecule has 1 amide bonds. The molecule has 0 atom stereocenters. The monoisotopic (exact) mass is 209 g/mol. The summed E-state index contributed by atoms with van der Waals surface area (Å²) in [7, 11) is 0. The third-order valence-electron chi connectivity index (χ3n) is 2.41. The zero-order chi connectivity index (χ0) is 10.8. The fraction of sp³-hybridized carbons (Fsp3) is 0.400. The minimum absolute atomic E-state index is 0.0864. The van der Waals surface area contributed by atoms with E-state index in [1.807, 2.05) is 0 Å². The van der Waals surface area contributed by atoms with Gasteiger partial charge in [0.15, 0.2) is 0 Å². The number of carbonyl (C=O) groups excluding carboxylic acids is 1. The molecule has 15 heavy (non-hydrogen) atoms. The Bertz CT molecular complexity index is 396. The van der Waals surface area contributed by atoms with Gasteiger partial charge in [-0.1, -0.05) is 0 Å². The molecule has 0 aliphatic carbocycles. The molecule has 1 aliphatic rings. The van der Waals surface area contributed by atoms with Gasteiger partial charge in [0.1, 0.15) is 0 Å². The fourth-order valence-corrected chi connectivity index (χ4v) is 1.66. The first kappa shape index (κ1) is 9.76. The summed E-state index contributed by atoms with van der Waals surface area (Å²) >= 11 is 0. The zero-order valence-corrected chi connectivity index (χ0v) is 8.10. The normalized spacial score (nSPS) is 16.0. The van der Waals surface area contributed by atoms with Crippen LogP contribution in [-0.2, 0) is 11.3 Å². The van der Waals surface area contributed by atoms with E-state index in [0.717, 1.165) is 18.5 Å². The molecule has 0 radical (unpaired) electrons. The fourth-order valence-electron chi connectivity index (χ4n) is 1.66. The summed E-state index contributed by atoms with van der Waals surface area (Å²) in [6.45, 7) is 1.18. The molecule has 0 bridgehead atoms. The first-order valence-electron chi connectivity index (χ1n) is 4.75. The SMILES string of the molecule is O=C(O)c1cc(CN2CCCC2=O)co1. The Morgan fingerprint density at radius 1 is 1.60 bits per heavy atom. The molecule has 2 heterocycles. The molecule has 0 spiro atoms. The number of amides is 1. The van der Waals surface area contributed by atoms with Crippen LogP contribution in [0.5, 0.6) is 0 Å². The molecule has 5 nitrogen and oxygen atoms in total. The number of carbonyl (C=O) groups is 2. The van der Waals surface area contributed by atoms with E-state index in [1.165, 1.54) is 12.3 Å². The lowest BCUT2D eigenvalue weighted by Gasteiger charge is -2.13. The lowest BCUT2D eigenvalue weighted by molar-refractivity contribution is -0.128. The first-order chi connectivity index (χ1) is 7.16. The van der Waals surface area contributed by atoms with Gasteiger partial charge in [-0.3, -0.25) is 4.79 Å². The number of carboxylic acid groups (broad SMARTS) is 1. The minimum Gasteiger partial charge on any atom is -0.475 e. The molecule has 0 aromatic carbocycles. The highest BCUT2D eigenvalue weighted by Crippen LogP contribution is 2.16. The molecule has 1 N–H and O–H groups in total. The Hall–Kier alpha value is -1.78. The molecular formula is C10H11NO4. The van der Waals surface area contributed by atoms with Crippen molar-refractivity contribution >= 4 is 11.9 Å². The number of carboxylic acids is 1. The Balaban J connectivity index is 2.04. The van der Waals surface area contributed by atoms with Crippen molar-refractivity contribution in [3.63, 3.8) is 0 Å². The smallest absolute Gasteiger partial charge is 0.371 e. The summed E-state index contributed by atoms with van der Waals surface area (Å²) in [5, 5.41) is 8.64. The van der Waals surface area contributed by atoms with Gasteiger partial charge in [0.25, 0.3) is 0 Å². The van der Waals surface area contributed by atoms with Crippen LogP contribution in [0, 0.1) is 0 Å². The predicted octanol–water partition coefficient (Wildman–Crippen LogP) is 1.10. The van der Waals surface area contributed by atoms with Crippen LogP contribution in [-0.4, -0.2) is 28.4 Å². The van der Waals surface area contributed by atoms with E-state index < -0.39 is 5.97 Å². The molecule has 1 aromatic rings. The Kier molecular flexibility index (Phi) is 2.45. The molecule has 1 aromatic heterocycles. The topological polar surface area (TPSA) is 70.8 Å². The maximum atomic E-state index is 11.3. The Labute approximate surface area is 86.3 Å². The van der Waals surface area contributed by atoms with Crippen molar-refractivity contribution in [2.24, 2.45) is 0 Å². The molecule has 1 saturated heterocycles. The summed E-state index contributed by atoms with van der Waals surface area (Å²) in [4.78, 5) is 23.5. The molecule has 5 heteroatoms. The molecular weight excluding hydrogens is 198 g/mol. The van der Waals surface area contributed by atoms with Crippen molar-refractivity contribution < 1.29 is 19.1 Å². The van der Waals surface area contributed by atoms with Crippen molar-refractivity contribution in [2.75, 3.05) is 6.54 Å². The average molecular weight is 209 g/mol. The van der Waals surface area contributed by atoms with E-state index in [1.54, 1.807) is 4.90 Å². The standard InChI is InChI=1S/C10H11NO4/c12-9-2-1-3-11(9)5-7-4-8(10(13)14)15-6-7/h4,6H,1-3,5H2,(H,13,14). The molecule has 0 unspecified atom stereocenters. The average Bonchev–Trinajstić information content (AvgIpc) is 2.77. The summed E-state index contributed by atoms with van der Waals surface area (Å²) in [5.74, 6) is -1.06. The van der Waals surface area contributed by atoms with Gasteiger partial charge in [0, 0.05) is 25.1 Å². The van der Waals surface area contributed by atoms with Crippen LogP contribution in [0.15, 0.2) is 16.7 Å². The number of rotatable bonds is 3. The molecule has 1 aliphatic heterocycles. The van der Waals surface area contributed by atoms with Gasteiger partial charge in [-0.15, -0.1) is 0 Å². The number of furan rings is 1. The summed E-state index contributed by atoms with van der Waals surface area (Å²) in [6, 6.07) is 1.45. The van der Waals surface area contributed by atoms with Gasteiger partial charge >= 0.3 is 5.97 Å². The third-order valence-corrected chi connectivity index (χ3v) is 2.41. The minimum atomic E-state index is -1.09. The highest BCUT2D eigenvalue weighted by molar-refractivity contribution is 5.84. The van der Waals surface area contributed by atoms with Crippen LogP contribution in [0.25, 0.3) is 0 Å².